The molecule has 2 bridgehead atoms. The van der Waals surface area contributed by atoms with Crippen molar-refractivity contribution in [2.75, 3.05) is 13.1 Å². The number of sulfonamides is 1. The molecule has 2 aromatic rings. The van der Waals surface area contributed by atoms with Gasteiger partial charge in [-0.1, -0.05) is 6.07 Å². The predicted octanol–water partition coefficient (Wildman–Crippen LogP) is 1.49. The van der Waals surface area contributed by atoms with Crippen molar-refractivity contribution in [1.82, 2.24) is 8.87 Å². The number of hydrogen-bond donors (Lipinski definition) is 1. The molecule has 4 rings (SSSR count). The summed E-state index contributed by atoms with van der Waals surface area (Å²) in [6.07, 6.45) is 0.757. The first-order valence-electron chi connectivity index (χ1n) is 8.50. The number of carbonyl (C=O) groups is 1. The third-order valence-corrected chi connectivity index (χ3v) is 7.09. The van der Waals surface area contributed by atoms with Crippen molar-refractivity contribution < 1.29 is 22.7 Å². The topological polar surface area (TPSA) is 96.7 Å². The Hall–Kier alpha value is -2.52. The van der Waals surface area contributed by atoms with Crippen LogP contribution in [0.5, 0.6) is 0 Å². The minimum atomic E-state index is -4.20. The number of carboxylic acids is 1. The first kappa shape index (κ1) is 17.9. The lowest BCUT2D eigenvalue weighted by Gasteiger charge is -2.42. The van der Waals surface area contributed by atoms with E-state index in [1.807, 2.05) is 6.07 Å². The summed E-state index contributed by atoms with van der Waals surface area (Å²) in [4.78, 5) is 22.6. The van der Waals surface area contributed by atoms with E-state index < -0.39 is 26.7 Å². The zero-order valence-corrected chi connectivity index (χ0v) is 15.0. The highest BCUT2D eigenvalue weighted by atomic mass is 32.2. The smallest absolute Gasteiger partial charge is 0.335 e. The Balaban J connectivity index is 1.72. The number of nitrogens with zero attached hydrogens (tertiary/aromatic N) is 2. The Labute approximate surface area is 154 Å². The molecule has 2 aliphatic rings. The van der Waals surface area contributed by atoms with Crippen LogP contribution in [-0.4, -0.2) is 41.5 Å². The van der Waals surface area contributed by atoms with Crippen LogP contribution in [0, 0.1) is 11.7 Å². The van der Waals surface area contributed by atoms with E-state index in [2.05, 4.69) is 0 Å². The van der Waals surface area contributed by atoms with Gasteiger partial charge in [-0.05, 0) is 36.6 Å². The summed E-state index contributed by atoms with van der Waals surface area (Å²) in [5, 5.41) is 9.08. The summed E-state index contributed by atoms with van der Waals surface area (Å²) in [6.45, 7) is 0.699. The fourth-order valence-electron chi connectivity index (χ4n) is 4.02. The van der Waals surface area contributed by atoms with Crippen molar-refractivity contribution in [3.8, 4) is 0 Å². The van der Waals surface area contributed by atoms with Gasteiger partial charge in [0.25, 0.3) is 5.56 Å². The highest BCUT2D eigenvalue weighted by Crippen LogP contribution is 2.37. The van der Waals surface area contributed by atoms with Crippen LogP contribution in [0.3, 0.4) is 0 Å². The summed E-state index contributed by atoms with van der Waals surface area (Å²) >= 11 is 0. The standard InChI is InChI=1S/C18H17FN2O5S/c19-14-5-4-12(18(23)24)7-16(14)27(25,26)20-8-11-6-13(10-20)15-2-1-3-17(22)21(15)9-11/h1-5,7,11,13H,6,8-10H2,(H,23,24). The number of benzene rings is 1. The van der Waals surface area contributed by atoms with E-state index in [4.69, 9.17) is 5.11 Å². The molecule has 27 heavy (non-hydrogen) atoms. The Bertz CT molecular complexity index is 1100. The van der Waals surface area contributed by atoms with E-state index in [1.54, 1.807) is 10.6 Å². The SMILES string of the molecule is O=C(O)c1ccc(F)c(S(=O)(=O)N2CC3CC(C2)c2cccc(=O)n2C3)c1. The van der Waals surface area contributed by atoms with Gasteiger partial charge < -0.3 is 9.67 Å². The maximum absolute atomic E-state index is 14.2. The number of aromatic nitrogens is 1. The molecule has 9 heteroatoms. The van der Waals surface area contributed by atoms with Gasteiger partial charge in [-0.2, -0.15) is 4.31 Å². The van der Waals surface area contributed by atoms with Gasteiger partial charge in [0.15, 0.2) is 0 Å². The fourth-order valence-corrected chi connectivity index (χ4v) is 5.67. The van der Waals surface area contributed by atoms with Gasteiger partial charge in [0.2, 0.25) is 10.0 Å². The van der Waals surface area contributed by atoms with Crippen molar-refractivity contribution in [3.63, 3.8) is 0 Å². The predicted molar refractivity (Wildman–Crippen MR) is 93.7 cm³/mol. The number of rotatable bonds is 3. The Morgan fingerprint density at radius 3 is 2.67 bits per heavy atom. The molecule has 1 aromatic heterocycles. The molecular weight excluding hydrogens is 375 g/mol. The van der Waals surface area contributed by atoms with Crippen molar-refractivity contribution in [2.24, 2.45) is 5.92 Å². The molecule has 3 heterocycles. The molecule has 2 atom stereocenters. The molecule has 0 radical (unpaired) electrons. The zero-order valence-electron chi connectivity index (χ0n) is 14.2. The number of hydrogen-bond acceptors (Lipinski definition) is 4. The maximum atomic E-state index is 14.2. The number of pyridine rings is 1. The molecule has 0 aliphatic carbocycles. The molecule has 0 spiro atoms. The maximum Gasteiger partial charge on any atom is 0.335 e. The highest BCUT2D eigenvalue weighted by Gasteiger charge is 2.40. The van der Waals surface area contributed by atoms with Gasteiger partial charge in [0, 0.05) is 37.3 Å². The van der Waals surface area contributed by atoms with Crippen molar-refractivity contribution in [1.29, 1.82) is 0 Å². The van der Waals surface area contributed by atoms with Crippen molar-refractivity contribution in [2.45, 2.75) is 23.8 Å². The van der Waals surface area contributed by atoms with Gasteiger partial charge in [0.05, 0.1) is 5.56 Å². The second kappa shape index (κ2) is 6.28. The monoisotopic (exact) mass is 392 g/mol. The first-order valence-corrected chi connectivity index (χ1v) is 9.94. The zero-order chi connectivity index (χ0) is 19.3. The van der Waals surface area contributed by atoms with Gasteiger partial charge in [-0.15, -0.1) is 0 Å². The van der Waals surface area contributed by atoms with Crippen LogP contribution in [0.2, 0.25) is 0 Å². The first-order chi connectivity index (χ1) is 12.8. The van der Waals surface area contributed by atoms with Crippen LogP contribution >= 0.6 is 0 Å². The van der Waals surface area contributed by atoms with Crippen LogP contribution < -0.4 is 5.56 Å². The number of halogens is 1. The summed E-state index contributed by atoms with van der Waals surface area (Å²) < 4.78 is 43.1. The lowest BCUT2D eigenvalue weighted by atomic mass is 9.84. The molecule has 1 fully saturated rings. The Kier molecular flexibility index (Phi) is 4.15. The molecule has 0 amide bonds. The summed E-state index contributed by atoms with van der Waals surface area (Å²) in [5.41, 5.74) is 0.376. The average Bonchev–Trinajstić information content (AvgIpc) is 2.62. The minimum Gasteiger partial charge on any atom is -0.478 e. The number of piperidine rings is 1. The lowest BCUT2D eigenvalue weighted by Crippen LogP contribution is -2.49. The van der Waals surface area contributed by atoms with Gasteiger partial charge in [-0.25, -0.2) is 17.6 Å². The molecule has 1 saturated heterocycles. The van der Waals surface area contributed by atoms with Crippen molar-refractivity contribution >= 4 is 16.0 Å². The van der Waals surface area contributed by atoms with Gasteiger partial charge in [0.1, 0.15) is 10.7 Å². The Morgan fingerprint density at radius 2 is 1.93 bits per heavy atom. The summed E-state index contributed by atoms with van der Waals surface area (Å²) in [6, 6.07) is 7.68. The van der Waals surface area contributed by atoms with E-state index in [9.17, 15) is 22.4 Å². The number of carboxylic acid groups (broad SMARTS) is 1. The number of aromatic carboxylic acids is 1. The van der Waals surface area contributed by atoms with E-state index in [0.717, 1.165) is 30.3 Å². The largest absolute Gasteiger partial charge is 0.478 e. The van der Waals surface area contributed by atoms with E-state index in [-0.39, 0.29) is 36.0 Å². The molecule has 7 nitrogen and oxygen atoms in total. The third kappa shape index (κ3) is 2.96. The van der Waals surface area contributed by atoms with Crippen LogP contribution in [0.4, 0.5) is 4.39 Å². The molecule has 2 aliphatic heterocycles. The van der Waals surface area contributed by atoms with Crippen molar-refractivity contribution in [3.05, 3.63) is 63.8 Å². The van der Waals surface area contributed by atoms with E-state index >= 15 is 0 Å². The van der Waals surface area contributed by atoms with Crippen LogP contribution in [-0.2, 0) is 16.6 Å². The van der Waals surface area contributed by atoms with E-state index in [1.165, 1.54) is 10.4 Å². The number of fused-ring (bicyclic) bond motifs is 4. The minimum absolute atomic E-state index is 0.0585. The van der Waals surface area contributed by atoms with Gasteiger partial charge >= 0.3 is 5.97 Å². The molecule has 142 valence electrons. The van der Waals surface area contributed by atoms with Crippen LogP contribution in [0.15, 0.2) is 46.1 Å². The quantitative estimate of drug-likeness (QED) is 0.854. The fraction of sp³-hybridized carbons (Fsp3) is 0.333. The molecule has 1 N–H and O–H groups in total. The van der Waals surface area contributed by atoms with E-state index in [0.29, 0.717) is 6.54 Å². The normalized spacial score (nSPS) is 22.3. The second-order valence-corrected chi connectivity index (χ2v) is 8.88. The average molecular weight is 392 g/mol. The molecular formula is C18H17FN2O5S. The summed E-state index contributed by atoms with van der Waals surface area (Å²) in [7, 11) is -4.20. The van der Waals surface area contributed by atoms with Crippen LogP contribution in [0.1, 0.15) is 28.4 Å². The van der Waals surface area contributed by atoms with Crippen LogP contribution in [0.25, 0.3) is 0 Å². The molecule has 1 aromatic carbocycles. The summed E-state index contributed by atoms with van der Waals surface area (Å²) in [5.74, 6) is -2.52. The second-order valence-electron chi connectivity index (χ2n) is 6.97. The molecule has 0 saturated carbocycles. The Morgan fingerprint density at radius 1 is 1.15 bits per heavy atom. The lowest BCUT2D eigenvalue weighted by molar-refractivity contribution is 0.0696. The van der Waals surface area contributed by atoms with Gasteiger partial charge in [-0.3, -0.25) is 4.79 Å². The third-order valence-electron chi connectivity index (χ3n) is 5.24. The highest BCUT2D eigenvalue weighted by molar-refractivity contribution is 7.89. The molecule has 2 unspecified atom stereocenters.